The summed E-state index contributed by atoms with van der Waals surface area (Å²) in [5.41, 5.74) is 8.08. The SMILES string of the molecule is CC1(C)c2ccc3ccccc3c2-c2c1c1ccc(-c3cc4c5ccccc5c5ccccc5c4c4ccccc34)cc1c1ccccc21. The summed E-state index contributed by atoms with van der Waals surface area (Å²) >= 11 is 0. The number of hydrogen-bond donors (Lipinski definition) is 0. The van der Waals surface area contributed by atoms with Crippen LogP contribution in [-0.2, 0) is 5.41 Å². The molecule has 1 aliphatic rings. The zero-order chi connectivity index (χ0) is 32.4. The van der Waals surface area contributed by atoms with E-state index in [1.807, 2.05) is 0 Å². The Kier molecular flexibility index (Phi) is 5.27. The molecule has 0 aromatic heterocycles. The minimum Gasteiger partial charge on any atom is -0.0616 e. The van der Waals surface area contributed by atoms with Crippen molar-refractivity contribution >= 4 is 75.4 Å². The molecule has 0 spiro atoms. The van der Waals surface area contributed by atoms with Crippen LogP contribution in [0.3, 0.4) is 0 Å². The summed E-state index contributed by atoms with van der Waals surface area (Å²) in [6, 6.07) is 59.2. The lowest BCUT2D eigenvalue weighted by atomic mass is 9.78. The highest BCUT2D eigenvalue weighted by Gasteiger charge is 2.39. The molecule has 0 nitrogen and oxygen atoms in total. The zero-order valence-corrected chi connectivity index (χ0v) is 27.5. The molecule has 0 heteroatoms. The van der Waals surface area contributed by atoms with Crippen LogP contribution in [0, 0.1) is 0 Å². The average Bonchev–Trinajstić information content (AvgIpc) is 3.41. The van der Waals surface area contributed by atoms with Crippen LogP contribution in [0.15, 0.2) is 158 Å². The molecular weight excluding hydrogens is 589 g/mol. The fraction of sp³-hybridized carbons (Fsp3) is 0.0612. The molecular formula is C49H32. The maximum atomic E-state index is 2.48. The van der Waals surface area contributed by atoms with Gasteiger partial charge in [-0.2, -0.15) is 0 Å². The summed E-state index contributed by atoms with van der Waals surface area (Å²) in [4.78, 5) is 0. The Morgan fingerprint density at radius 3 is 1.59 bits per heavy atom. The lowest BCUT2D eigenvalue weighted by Gasteiger charge is -2.24. The monoisotopic (exact) mass is 620 g/mol. The molecule has 10 aromatic rings. The maximum absolute atomic E-state index is 2.48. The Balaban J connectivity index is 1.27. The van der Waals surface area contributed by atoms with Crippen molar-refractivity contribution in [1.29, 1.82) is 0 Å². The summed E-state index contributed by atoms with van der Waals surface area (Å²) in [5, 5.41) is 18.5. The van der Waals surface area contributed by atoms with Gasteiger partial charge in [0.1, 0.15) is 0 Å². The third-order valence-electron chi connectivity index (χ3n) is 11.6. The fourth-order valence-corrected chi connectivity index (χ4v) is 9.47. The zero-order valence-electron chi connectivity index (χ0n) is 27.5. The lowest BCUT2D eigenvalue weighted by molar-refractivity contribution is 0.667. The van der Waals surface area contributed by atoms with Crippen LogP contribution in [0.25, 0.3) is 97.7 Å². The van der Waals surface area contributed by atoms with E-state index in [1.165, 1.54) is 109 Å². The number of benzene rings is 10. The molecule has 49 heavy (non-hydrogen) atoms. The minimum absolute atomic E-state index is 0.131. The van der Waals surface area contributed by atoms with E-state index in [9.17, 15) is 0 Å². The normalized spacial score (nSPS) is 13.7. The van der Waals surface area contributed by atoms with Gasteiger partial charge in [-0.25, -0.2) is 0 Å². The van der Waals surface area contributed by atoms with Crippen LogP contribution in [0.1, 0.15) is 25.0 Å². The summed E-state index contributed by atoms with van der Waals surface area (Å²) < 4.78 is 0. The van der Waals surface area contributed by atoms with Crippen LogP contribution >= 0.6 is 0 Å². The predicted molar refractivity (Wildman–Crippen MR) is 212 cm³/mol. The molecule has 0 bridgehead atoms. The molecule has 0 atom stereocenters. The number of rotatable bonds is 1. The van der Waals surface area contributed by atoms with Gasteiger partial charge in [0.25, 0.3) is 0 Å². The van der Waals surface area contributed by atoms with Gasteiger partial charge in [0.05, 0.1) is 0 Å². The first-order valence-corrected chi connectivity index (χ1v) is 17.4. The van der Waals surface area contributed by atoms with Gasteiger partial charge in [-0.05, 0) is 121 Å². The van der Waals surface area contributed by atoms with Crippen molar-refractivity contribution in [2.75, 3.05) is 0 Å². The van der Waals surface area contributed by atoms with Gasteiger partial charge in [0, 0.05) is 5.41 Å². The molecule has 0 saturated heterocycles. The second-order valence-corrected chi connectivity index (χ2v) is 14.4. The van der Waals surface area contributed by atoms with Gasteiger partial charge >= 0.3 is 0 Å². The van der Waals surface area contributed by atoms with Crippen LogP contribution in [-0.4, -0.2) is 0 Å². The van der Waals surface area contributed by atoms with Gasteiger partial charge < -0.3 is 0 Å². The molecule has 11 rings (SSSR count). The highest BCUT2D eigenvalue weighted by Crippen LogP contribution is 2.57. The first-order chi connectivity index (χ1) is 24.1. The summed E-state index contributed by atoms with van der Waals surface area (Å²) in [5.74, 6) is 0. The Morgan fingerprint density at radius 1 is 0.347 bits per heavy atom. The van der Waals surface area contributed by atoms with E-state index in [0.717, 1.165) is 0 Å². The van der Waals surface area contributed by atoms with Crippen LogP contribution in [0.5, 0.6) is 0 Å². The average molecular weight is 621 g/mol. The van der Waals surface area contributed by atoms with Crippen molar-refractivity contribution in [3.63, 3.8) is 0 Å². The van der Waals surface area contributed by atoms with Crippen molar-refractivity contribution in [3.8, 4) is 22.3 Å². The molecule has 10 aromatic carbocycles. The molecule has 228 valence electrons. The van der Waals surface area contributed by atoms with Crippen LogP contribution < -0.4 is 0 Å². The molecule has 0 saturated carbocycles. The van der Waals surface area contributed by atoms with Gasteiger partial charge in [-0.1, -0.05) is 159 Å². The first kappa shape index (κ1) is 27.0. The van der Waals surface area contributed by atoms with E-state index in [-0.39, 0.29) is 5.41 Å². The molecule has 0 amide bonds. The van der Waals surface area contributed by atoms with Crippen molar-refractivity contribution in [1.82, 2.24) is 0 Å². The van der Waals surface area contributed by atoms with Crippen molar-refractivity contribution in [2.24, 2.45) is 0 Å². The lowest BCUT2D eigenvalue weighted by Crippen LogP contribution is -2.15. The van der Waals surface area contributed by atoms with E-state index in [4.69, 9.17) is 0 Å². The van der Waals surface area contributed by atoms with Crippen molar-refractivity contribution < 1.29 is 0 Å². The molecule has 0 aliphatic heterocycles. The fourth-order valence-electron chi connectivity index (χ4n) is 9.47. The second-order valence-electron chi connectivity index (χ2n) is 14.4. The molecule has 0 heterocycles. The molecule has 1 aliphatic carbocycles. The Morgan fingerprint density at radius 2 is 0.878 bits per heavy atom. The van der Waals surface area contributed by atoms with Crippen LogP contribution in [0.4, 0.5) is 0 Å². The maximum Gasteiger partial charge on any atom is 0.0165 e. The first-order valence-electron chi connectivity index (χ1n) is 17.4. The summed E-state index contributed by atoms with van der Waals surface area (Å²) in [6.45, 7) is 4.83. The third kappa shape index (κ3) is 3.48. The second kappa shape index (κ2) is 9.56. The van der Waals surface area contributed by atoms with Crippen molar-refractivity contribution in [2.45, 2.75) is 19.3 Å². The van der Waals surface area contributed by atoms with Gasteiger partial charge in [-0.15, -0.1) is 0 Å². The summed E-state index contributed by atoms with van der Waals surface area (Å²) in [7, 11) is 0. The van der Waals surface area contributed by atoms with E-state index in [0.29, 0.717) is 0 Å². The predicted octanol–water partition coefficient (Wildman–Crippen LogP) is 13.7. The number of hydrogen-bond acceptors (Lipinski definition) is 0. The quantitative estimate of drug-likeness (QED) is 0.160. The molecule has 0 N–H and O–H groups in total. The van der Waals surface area contributed by atoms with E-state index >= 15 is 0 Å². The Labute approximate surface area is 284 Å². The van der Waals surface area contributed by atoms with E-state index in [1.54, 1.807) is 0 Å². The highest BCUT2D eigenvalue weighted by molar-refractivity contribution is 6.33. The highest BCUT2D eigenvalue weighted by atomic mass is 14.4. The molecule has 0 radical (unpaired) electrons. The summed E-state index contributed by atoms with van der Waals surface area (Å²) in [6.07, 6.45) is 0. The van der Waals surface area contributed by atoms with E-state index in [2.05, 4.69) is 172 Å². The number of fused-ring (bicyclic) bond motifs is 18. The smallest absolute Gasteiger partial charge is 0.0165 e. The molecule has 0 fully saturated rings. The topological polar surface area (TPSA) is 0 Å². The largest absolute Gasteiger partial charge is 0.0616 e. The van der Waals surface area contributed by atoms with Crippen LogP contribution in [0.2, 0.25) is 0 Å². The van der Waals surface area contributed by atoms with E-state index < -0.39 is 0 Å². The molecule has 0 unspecified atom stereocenters. The minimum atomic E-state index is -0.131. The van der Waals surface area contributed by atoms with Gasteiger partial charge in [-0.3, -0.25) is 0 Å². The van der Waals surface area contributed by atoms with Crippen molar-refractivity contribution in [3.05, 3.63) is 169 Å². The standard InChI is InChI=1S/C49H32/c1-49(2)44-26-24-29-13-3-4-14-31(29)46(44)47-39-22-12-9-19-36(39)42-27-30(23-25-40(42)48(47)49)41-28-43-34-17-6-5-15-32(34)33-16-7-10-20-37(33)45(43)38-21-11-8-18-35(38)41/h3-28H,1-2H3. The van der Waals surface area contributed by atoms with Gasteiger partial charge in [0.15, 0.2) is 0 Å². The third-order valence-corrected chi connectivity index (χ3v) is 11.6. The Hall–Kier alpha value is -5.98. The Bertz CT molecular complexity index is 3070. The van der Waals surface area contributed by atoms with Gasteiger partial charge in [0.2, 0.25) is 0 Å².